The van der Waals surface area contributed by atoms with Gasteiger partial charge in [-0.2, -0.15) is 0 Å². The average molecular weight is 573 g/mol. The maximum atomic E-state index is 12.2. The lowest BCUT2D eigenvalue weighted by Crippen LogP contribution is -2.00. The Morgan fingerprint density at radius 2 is 0.837 bits per heavy atom. The lowest BCUT2D eigenvalue weighted by atomic mass is 9.91. The standard InChI is InChI=1S/C38H27N3OP/c1-43(42)31-19-11-17-29(25-31)33-23-22-32(34-20-8-9-21-35(33)34)28-16-10-18-30(24-28)38-40-36(26-12-4-2-5-13-26)39-37(41-38)27-14-6-3-7-15-27/h2-25H,1H3/q+1. The zero-order chi connectivity index (χ0) is 29.2. The molecule has 43 heavy (non-hydrogen) atoms. The van der Waals surface area contributed by atoms with E-state index >= 15 is 0 Å². The van der Waals surface area contributed by atoms with Crippen LogP contribution in [-0.4, -0.2) is 21.6 Å². The zero-order valence-electron chi connectivity index (χ0n) is 23.6. The van der Waals surface area contributed by atoms with Crippen LogP contribution >= 0.6 is 7.80 Å². The minimum Gasteiger partial charge on any atom is -0.208 e. The van der Waals surface area contributed by atoms with Gasteiger partial charge in [-0.3, -0.25) is 0 Å². The number of hydrogen-bond acceptors (Lipinski definition) is 4. The Morgan fingerprint density at radius 3 is 1.37 bits per heavy atom. The number of benzene rings is 6. The Bertz CT molecular complexity index is 2050. The first-order valence-corrected chi connectivity index (χ1v) is 15.9. The molecule has 0 N–H and O–H groups in total. The van der Waals surface area contributed by atoms with Gasteiger partial charge in [-0.25, -0.2) is 15.0 Å². The van der Waals surface area contributed by atoms with E-state index in [-0.39, 0.29) is 0 Å². The van der Waals surface area contributed by atoms with E-state index in [0.29, 0.717) is 17.5 Å². The molecule has 7 aromatic rings. The van der Waals surface area contributed by atoms with Gasteiger partial charge in [-0.1, -0.05) is 132 Å². The minimum atomic E-state index is -1.41. The van der Waals surface area contributed by atoms with Crippen molar-refractivity contribution in [2.45, 2.75) is 0 Å². The van der Waals surface area contributed by atoms with Crippen LogP contribution < -0.4 is 5.30 Å². The maximum absolute atomic E-state index is 12.2. The average Bonchev–Trinajstić information content (AvgIpc) is 3.08. The largest absolute Gasteiger partial charge is 0.373 e. The molecule has 1 unspecified atom stereocenters. The number of hydrogen-bond donors (Lipinski definition) is 0. The monoisotopic (exact) mass is 572 g/mol. The van der Waals surface area contributed by atoms with E-state index in [1.807, 2.05) is 78.9 Å². The van der Waals surface area contributed by atoms with E-state index in [2.05, 4.69) is 66.7 Å². The first kappa shape index (κ1) is 26.6. The van der Waals surface area contributed by atoms with Gasteiger partial charge in [0.15, 0.2) is 22.8 Å². The lowest BCUT2D eigenvalue weighted by Gasteiger charge is -2.13. The second-order valence-electron chi connectivity index (χ2n) is 10.4. The molecule has 1 heterocycles. The second kappa shape index (κ2) is 11.5. The summed E-state index contributed by atoms with van der Waals surface area (Å²) in [7, 11) is -1.41. The Labute approximate surface area is 251 Å². The smallest absolute Gasteiger partial charge is 0.208 e. The van der Waals surface area contributed by atoms with Crippen molar-refractivity contribution in [3.63, 3.8) is 0 Å². The number of nitrogens with zero attached hydrogens (tertiary/aromatic N) is 3. The molecule has 0 aliphatic carbocycles. The van der Waals surface area contributed by atoms with Crippen molar-refractivity contribution in [1.82, 2.24) is 15.0 Å². The molecule has 1 atom stereocenters. The highest BCUT2D eigenvalue weighted by Crippen LogP contribution is 2.37. The molecule has 0 saturated heterocycles. The Balaban J connectivity index is 1.36. The van der Waals surface area contributed by atoms with Gasteiger partial charge in [-0.05, 0) is 51.2 Å². The van der Waals surface area contributed by atoms with Crippen molar-refractivity contribution in [2.24, 2.45) is 0 Å². The van der Waals surface area contributed by atoms with Crippen LogP contribution in [0.15, 0.2) is 146 Å². The van der Waals surface area contributed by atoms with Crippen LogP contribution in [0.25, 0.3) is 67.2 Å². The third-order valence-electron chi connectivity index (χ3n) is 7.58. The van der Waals surface area contributed by atoms with Gasteiger partial charge in [0.25, 0.3) is 0 Å². The fourth-order valence-corrected chi connectivity index (χ4v) is 6.05. The summed E-state index contributed by atoms with van der Waals surface area (Å²) in [6.07, 6.45) is 0. The molecule has 7 rings (SSSR count). The van der Waals surface area contributed by atoms with Gasteiger partial charge >= 0.3 is 7.80 Å². The van der Waals surface area contributed by atoms with Crippen LogP contribution in [0.1, 0.15) is 0 Å². The number of aromatic nitrogens is 3. The third kappa shape index (κ3) is 5.37. The van der Waals surface area contributed by atoms with E-state index in [1.165, 1.54) is 0 Å². The van der Waals surface area contributed by atoms with E-state index < -0.39 is 7.80 Å². The van der Waals surface area contributed by atoms with Crippen LogP contribution in [0.5, 0.6) is 0 Å². The molecule has 5 heteroatoms. The zero-order valence-corrected chi connectivity index (χ0v) is 24.4. The normalized spacial score (nSPS) is 11.4. The van der Waals surface area contributed by atoms with Crippen LogP contribution in [0, 0.1) is 0 Å². The summed E-state index contributed by atoms with van der Waals surface area (Å²) in [5.41, 5.74) is 7.18. The van der Waals surface area contributed by atoms with Crippen molar-refractivity contribution < 1.29 is 4.57 Å². The molecule has 0 saturated carbocycles. The summed E-state index contributed by atoms with van der Waals surface area (Å²) in [6.45, 7) is 1.75. The molecule has 1 aromatic heterocycles. The summed E-state index contributed by atoms with van der Waals surface area (Å²) in [5, 5.41) is 3.15. The van der Waals surface area contributed by atoms with Gasteiger partial charge in [0.05, 0.1) is 0 Å². The highest BCUT2D eigenvalue weighted by Gasteiger charge is 2.16. The molecular weight excluding hydrogens is 545 g/mol. The van der Waals surface area contributed by atoms with Gasteiger partial charge in [-0.15, -0.1) is 0 Å². The SMILES string of the molecule is C[P+](=O)c1cccc(-c2ccc(-c3cccc(-c4nc(-c5ccccc5)nc(-c5ccccc5)n4)c3)c3ccccc23)c1. The summed E-state index contributed by atoms with van der Waals surface area (Å²) in [5.74, 6) is 1.91. The molecule has 0 spiro atoms. The van der Waals surface area contributed by atoms with E-state index in [4.69, 9.17) is 15.0 Å². The molecule has 4 nitrogen and oxygen atoms in total. The van der Waals surface area contributed by atoms with Crippen LogP contribution in [0.4, 0.5) is 0 Å². The first-order chi connectivity index (χ1) is 21.1. The molecule has 6 aromatic carbocycles. The molecular formula is C38H27N3OP+. The van der Waals surface area contributed by atoms with Gasteiger partial charge in [0.1, 0.15) is 6.66 Å². The molecule has 0 radical (unpaired) electrons. The summed E-state index contributed by atoms with van der Waals surface area (Å²) in [4.78, 5) is 14.7. The molecule has 0 aliphatic heterocycles. The molecule has 0 fully saturated rings. The fourth-order valence-electron chi connectivity index (χ4n) is 5.44. The Hall–Kier alpha value is -5.31. The number of fused-ring (bicyclic) bond motifs is 1. The van der Waals surface area contributed by atoms with Gasteiger partial charge < -0.3 is 0 Å². The van der Waals surface area contributed by atoms with Crippen molar-refractivity contribution in [3.05, 3.63) is 146 Å². The molecule has 0 amide bonds. The Kier molecular flexibility index (Phi) is 7.12. The maximum Gasteiger partial charge on any atom is 0.373 e. The van der Waals surface area contributed by atoms with Crippen molar-refractivity contribution >= 4 is 23.9 Å². The molecule has 0 bridgehead atoms. The quantitative estimate of drug-likeness (QED) is 0.186. The van der Waals surface area contributed by atoms with E-state index in [9.17, 15) is 4.57 Å². The summed E-state index contributed by atoms with van der Waals surface area (Å²) >= 11 is 0. The molecule has 204 valence electrons. The van der Waals surface area contributed by atoms with Gasteiger partial charge in [0.2, 0.25) is 0 Å². The van der Waals surface area contributed by atoms with Crippen molar-refractivity contribution in [1.29, 1.82) is 0 Å². The van der Waals surface area contributed by atoms with Crippen LogP contribution in [0.3, 0.4) is 0 Å². The predicted octanol–water partition coefficient (Wildman–Crippen LogP) is 9.44. The van der Waals surface area contributed by atoms with Crippen molar-refractivity contribution in [3.8, 4) is 56.4 Å². The van der Waals surface area contributed by atoms with E-state index in [1.54, 1.807) is 6.66 Å². The number of rotatable bonds is 6. The minimum absolute atomic E-state index is 0.626. The first-order valence-electron chi connectivity index (χ1n) is 14.1. The predicted molar refractivity (Wildman–Crippen MR) is 178 cm³/mol. The van der Waals surface area contributed by atoms with E-state index in [0.717, 1.165) is 55.0 Å². The summed E-state index contributed by atoms with van der Waals surface area (Å²) < 4.78 is 12.2. The highest BCUT2D eigenvalue weighted by atomic mass is 31.1. The second-order valence-corrected chi connectivity index (χ2v) is 11.9. The lowest BCUT2D eigenvalue weighted by molar-refractivity contribution is 0.596. The third-order valence-corrected chi connectivity index (χ3v) is 8.58. The fraction of sp³-hybridized carbons (Fsp3) is 0.0263. The van der Waals surface area contributed by atoms with Crippen LogP contribution in [0.2, 0.25) is 0 Å². The van der Waals surface area contributed by atoms with Crippen LogP contribution in [-0.2, 0) is 4.57 Å². The van der Waals surface area contributed by atoms with Crippen molar-refractivity contribution in [2.75, 3.05) is 6.66 Å². The highest BCUT2D eigenvalue weighted by molar-refractivity contribution is 7.52. The van der Waals surface area contributed by atoms with Gasteiger partial charge in [0, 0.05) is 16.7 Å². The topological polar surface area (TPSA) is 55.7 Å². The Morgan fingerprint density at radius 1 is 0.419 bits per heavy atom. The summed E-state index contributed by atoms with van der Waals surface area (Å²) in [6, 6.07) is 49.3. The molecule has 0 aliphatic rings.